The SMILES string of the molecule is COC(=O)CC1(C(=O)OC)SC(=Nc2ccccc2)NN1c1nnc(C)c(=O)[nH]1. The van der Waals surface area contributed by atoms with E-state index in [0.29, 0.717) is 5.69 Å². The first-order valence-corrected chi connectivity index (χ1v) is 9.19. The lowest BCUT2D eigenvalue weighted by atomic mass is 10.2. The molecule has 0 saturated carbocycles. The Labute approximate surface area is 169 Å². The van der Waals surface area contributed by atoms with Gasteiger partial charge in [-0.05, 0) is 30.8 Å². The van der Waals surface area contributed by atoms with Gasteiger partial charge in [0.05, 0.1) is 26.3 Å². The van der Waals surface area contributed by atoms with Crippen LogP contribution in [0.15, 0.2) is 40.1 Å². The largest absolute Gasteiger partial charge is 0.469 e. The maximum absolute atomic E-state index is 12.8. The first-order chi connectivity index (χ1) is 13.9. The highest BCUT2D eigenvalue weighted by Crippen LogP contribution is 2.41. The molecular weight excluding hydrogens is 400 g/mol. The van der Waals surface area contributed by atoms with Gasteiger partial charge in [0.15, 0.2) is 5.17 Å². The van der Waals surface area contributed by atoms with E-state index in [1.165, 1.54) is 26.2 Å². The third-order valence-corrected chi connectivity index (χ3v) is 5.20. The highest BCUT2D eigenvalue weighted by molar-refractivity contribution is 8.16. The number of H-pyrrole nitrogens is 1. The zero-order valence-corrected chi connectivity index (χ0v) is 16.6. The van der Waals surface area contributed by atoms with Crippen molar-refractivity contribution in [1.82, 2.24) is 20.6 Å². The van der Waals surface area contributed by atoms with Gasteiger partial charge in [-0.2, -0.15) is 0 Å². The monoisotopic (exact) mass is 418 g/mol. The van der Waals surface area contributed by atoms with Crippen molar-refractivity contribution < 1.29 is 19.1 Å². The van der Waals surface area contributed by atoms with Crippen molar-refractivity contribution in [2.24, 2.45) is 4.99 Å². The Balaban J connectivity index is 2.12. The molecule has 0 bridgehead atoms. The molecule has 1 atom stereocenters. The van der Waals surface area contributed by atoms with Crippen LogP contribution in [0.25, 0.3) is 0 Å². The van der Waals surface area contributed by atoms with Crippen LogP contribution < -0.4 is 16.0 Å². The molecule has 1 aliphatic heterocycles. The summed E-state index contributed by atoms with van der Waals surface area (Å²) < 4.78 is 9.69. The average molecular weight is 418 g/mol. The average Bonchev–Trinajstić information content (AvgIpc) is 3.08. The highest BCUT2D eigenvalue weighted by atomic mass is 32.2. The minimum absolute atomic E-state index is 0.0827. The number of aliphatic imine (C=N–C) groups is 1. The lowest BCUT2D eigenvalue weighted by Crippen LogP contribution is -2.55. The van der Waals surface area contributed by atoms with Gasteiger partial charge in [-0.25, -0.2) is 14.8 Å². The summed E-state index contributed by atoms with van der Waals surface area (Å²) in [6.07, 6.45) is -0.404. The van der Waals surface area contributed by atoms with E-state index >= 15 is 0 Å². The number of amidine groups is 1. The number of ether oxygens (including phenoxy) is 2. The Morgan fingerprint density at radius 3 is 2.55 bits per heavy atom. The maximum Gasteiger partial charge on any atom is 0.345 e. The van der Waals surface area contributed by atoms with Gasteiger partial charge in [0.1, 0.15) is 5.69 Å². The third-order valence-electron chi connectivity index (χ3n) is 4.00. The molecule has 2 N–H and O–H groups in total. The normalized spacial score (nSPS) is 19.7. The quantitative estimate of drug-likeness (QED) is 0.665. The van der Waals surface area contributed by atoms with E-state index in [1.807, 2.05) is 18.2 Å². The summed E-state index contributed by atoms with van der Waals surface area (Å²) >= 11 is 0.942. The van der Waals surface area contributed by atoms with E-state index in [0.717, 1.165) is 11.8 Å². The van der Waals surface area contributed by atoms with Crippen molar-refractivity contribution >= 4 is 40.5 Å². The Bertz CT molecular complexity index is 1010. The van der Waals surface area contributed by atoms with Crippen molar-refractivity contribution in [3.8, 4) is 0 Å². The van der Waals surface area contributed by atoms with E-state index in [2.05, 4.69) is 25.6 Å². The predicted octanol–water partition coefficient (Wildman–Crippen LogP) is 0.651. The number of aromatic nitrogens is 3. The molecule has 1 unspecified atom stereocenters. The second kappa shape index (κ2) is 8.31. The molecule has 1 fully saturated rings. The number of anilines is 1. The summed E-state index contributed by atoms with van der Waals surface area (Å²) in [5.41, 5.74) is 3.17. The molecule has 0 aliphatic carbocycles. The van der Waals surface area contributed by atoms with Crippen LogP contribution in [0.3, 0.4) is 0 Å². The van der Waals surface area contributed by atoms with Gasteiger partial charge in [-0.1, -0.05) is 18.2 Å². The van der Waals surface area contributed by atoms with Gasteiger partial charge in [-0.15, -0.1) is 10.2 Å². The van der Waals surface area contributed by atoms with E-state index in [4.69, 9.17) is 9.47 Å². The molecule has 0 amide bonds. The number of esters is 2. The number of aromatic amines is 1. The number of nitrogens with zero attached hydrogens (tertiary/aromatic N) is 4. The fourth-order valence-corrected chi connectivity index (χ4v) is 3.73. The highest BCUT2D eigenvalue weighted by Gasteiger charge is 2.56. The van der Waals surface area contributed by atoms with Crippen molar-refractivity contribution in [2.75, 3.05) is 19.2 Å². The molecule has 2 heterocycles. The number of para-hydroxylation sites is 1. The Morgan fingerprint density at radius 1 is 1.21 bits per heavy atom. The number of hydrogen-bond donors (Lipinski definition) is 2. The molecule has 1 aromatic heterocycles. The predicted molar refractivity (Wildman–Crippen MR) is 106 cm³/mol. The van der Waals surface area contributed by atoms with Crippen molar-refractivity contribution in [3.05, 3.63) is 46.4 Å². The minimum Gasteiger partial charge on any atom is -0.469 e. The third kappa shape index (κ3) is 4.06. The van der Waals surface area contributed by atoms with Gasteiger partial charge < -0.3 is 9.47 Å². The number of hydrogen-bond acceptors (Lipinski definition) is 10. The standard InChI is InChI=1S/C17H18N6O5S/c1-10-13(25)19-15(21-20-10)23-17(14(26)28-3,9-12(24)27-2)29-16(22-23)18-11-7-5-4-6-8-11/h4-8H,9H2,1-3H3,(H,18,22)(H,19,21,25). The molecule has 1 aromatic carbocycles. The van der Waals surface area contributed by atoms with Crippen LogP contribution >= 0.6 is 11.8 Å². The van der Waals surface area contributed by atoms with Crippen LogP contribution in [0.5, 0.6) is 0 Å². The zero-order valence-electron chi connectivity index (χ0n) is 15.8. The van der Waals surface area contributed by atoms with Gasteiger partial charge in [-0.3, -0.25) is 20.0 Å². The minimum atomic E-state index is -1.66. The van der Waals surface area contributed by atoms with E-state index in [1.54, 1.807) is 12.1 Å². The van der Waals surface area contributed by atoms with Crippen molar-refractivity contribution in [1.29, 1.82) is 0 Å². The maximum atomic E-state index is 12.8. The molecule has 1 saturated heterocycles. The van der Waals surface area contributed by atoms with Gasteiger partial charge in [0.25, 0.3) is 5.56 Å². The molecule has 0 radical (unpaired) electrons. The number of aryl methyl sites for hydroxylation is 1. The molecule has 12 heteroatoms. The molecule has 0 spiro atoms. The van der Waals surface area contributed by atoms with E-state index in [9.17, 15) is 14.4 Å². The second-order valence-electron chi connectivity index (χ2n) is 5.89. The molecule has 2 aromatic rings. The summed E-state index contributed by atoms with van der Waals surface area (Å²) in [7, 11) is 2.40. The topological polar surface area (TPSA) is 139 Å². The molecular formula is C17H18N6O5S. The number of carbonyl (C=O) groups is 2. The smallest absolute Gasteiger partial charge is 0.345 e. The Kier molecular flexibility index (Phi) is 5.82. The van der Waals surface area contributed by atoms with Crippen LogP contribution in [0.2, 0.25) is 0 Å². The number of thioether (sulfide) groups is 1. The summed E-state index contributed by atoms with van der Waals surface area (Å²) in [6.45, 7) is 1.49. The molecule has 152 valence electrons. The first-order valence-electron chi connectivity index (χ1n) is 8.38. The van der Waals surface area contributed by atoms with E-state index < -0.39 is 28.8 Å². The van der Waals surface area contributed by atoms with Gasteiger partial charge in [0.2, 0.25) is 10.8 Å². The van der Waals surface area contributed by atoms with Crippen LogP contribution in [0.1, 0.15) is 12.1 Å². The fraction of sp³-hybridized carbons (Fsp3) is 0.294. The first kappa shape index (κ1) is 20.3. The van der Waals surface area contributed by atoms with Crippen LogP contribution in [-0.4, -0.2) is 51.4 Å². The molecule has 1 aliphatic rings. The number of rotatable bonds is 5. The zero-order chi connectivity index (χ0) is 21.0. The summed E-state index contributed by atoms with van der Waals surface area (Å²) in [4.78, 5) is 42.3. The van der Waals surface area contributed by atoms with Crippen LogP contribution in [0.4, 0.5) is 11.6 Å². The van der Waals surface area contributed by atoms with Crippen molar-refractivity contribution in [3.63, 3.8) is 0 Å². The number of carbonyl (C=O) groups excluding carboxylic acids is 2. The number of nitrogens with one attached hydrogen (secondary N) is 2. The summed E-state index contributed by atoms with van der Waals surface area (Å²) in [6, 6.07) is 8.99. The Morgan fingerprint density at radius 2 is 1.93 bits per heavy atom. The lowest BCUT2D eigenvalue weighted by molar-refractivity contribution is -0.150. The number of methoxy groups -OCH3 is 2. The van der Waals surface area contributed by atoms with Crippen LogP contribution in [-0.2, 0) is 19.1 Å². The van der Waals surface area contributed by atoms with Crippen LogP contribution in [0, 0.1) is 6.92 Å². The Hall–Kier alpha value is -3.41. The fourth-order valence-electron chi connectivity index (χ4n) is 2.54. The van der Waals surface area contributed by atoms with E-state index in [-0.39, 0.29) is 16.8 Å². The van der Waals surface area contributed by atoms with Gasteiger partial charge in [0, 0.05) is 0 Å². The number of hydrazine groups is 1. The number of benzene rings is 1. The molecule has 29 heavy (non-hydrogen) atoms. The lowest BCUT2D eigenvalue weighted by Gasteiger charge is -2.31. The summed E-state index contributed by atoms with van der Waals surface area (Å²) in [5.74, 6) is -1.51. The van der Waals surface area contributed by atoms with Gasteiger partial charge >= 0.3 is 11.9 Å². The molecule has 11 nitrogen and oxygen atoms in total. The van der Waals surface area contributed by atoms with Crippen molar-refractivity contribution in [2.45, 2.75) is 18.2 Å². The summed E-state index contributed by atoms with van der Waals surface area (Å²) in [5, 5.41) is 9.22. The molecule has 3 rings (SSSR count). The second-order valence-corrected chi connectivity index (χ2v) is 7.16.